The normalized spacial score (nSPS) is 13.4. The van der Waals surface area contributed by atoms with E-state index in [-0.39, 0.29) is 0 Å². The summed E-state index contributed by atoms with van der Waals surface area (Å²) < 4.78 is 0. The summed E-state index contributed by atoms with van der Waals surface area (Å²) in [6.07, 6.45) is 6.21. The predicted molar refractivity (Wildman–Crippen MR) is 148 cm³/mol. The molecular formula is C25H37N7OS. The Labute approximate surface area is 208 Å². The lowest BCUT2D eigenvalue weighted by atomic mass is 10.2. The van der Waals surface area contributed by atoms with Crippen LogP contribution in [-0.2, 0) is 0 Å². The van der Waals surface area contributed by atoms with Crippen LogP contribution in [0.15, 0.2) is 77.2 Å². The highest BCUT2D eigenvalue weighted by Crippen LogP contribution is 2.16. The second-order valence-corrected chi connectivity index (χ2v) is 8.37. The first-order valence-corrected chi connectivity index (χ1v) is 11.9. The Morgan fingerprint density at radius 2 is 1.88 bits per heavy atom. The van der Waals surface area contributed by atoms with Gasteiger partial charge < -0.3 is 31.2 Å². The molecule has 3 rings (SSSR count). The van der Waals surface area contributed by atoms with Crippen molar-refractivity contribution in [1.29, 1.82) is 0 Å². The number of anilines is 2. The number of likely N-dealkylation sites (N-methyl/N-ethyl adjacent to an activating group) is 1. The number of aliphatic imine (C=N–C) groups is 1. The molecule has 1 aliphatic rings. The van der Waals surface area contributed by atoms with Crippen molar-refractivity contribution in [2.75, 3.05) is 63.4 Å². The lowest BCUT2D eigenvalue weighted by Crippen LogP contribution is -2.44. The number of aldehydes is 1. The molecule has 2 aromatic rings. The number of pyridine rings is 1. The zero-order chi connectivity index (χ0) is 25.2. The third kappa shape index (κ3) is 12.1. The van der Waals surface area contributed by atoms with E-state index in [2.05, 4.69) is 50.8 Å². The number of carbonyl (C=O) groups excluding carboxylic acids is 1. The van der Waals surface area contributed by atoms with Crippen LogP contribution in [0.5, 0.6) is 0 Å². The van der Waals surface area contributed by atoms with E-state index in [9.17, 15) is 4.79 Å². The van der Waals surface area contributed by atoms with Crippen molar-refractivity contribution in [3.8, 4) is 0 Å². The molecule has 4 N–H and O–H groups in total. The summed E-state index contributed by atoms with van der Waals surface area (Å²) in [7, 11) is 5.64. The zero-order valence-electron chi connectivity index (χ0n) is 20.4. The second kappa shape index (κ2) is 17.2. The van der Waals surface area contributed by atoms with Crippen LogP contribution in [0.3, 0.4) is 0 Å². The van der Waals surface area contributed by atoms with Gasteiger partial charge >= 0.3 is 0 Å². The number of piperazine rings is 1. The fraction of sp³-hybridized carbons (Fsp3) is 0.320. The summed E-state index contributed by atoms with van der Waals surface area (Å²) in [5, 5.41) is 7.25. The molecule has 0 aliphatic carbocycles. The number of nitrogens with two attached hydrogens (primary N) is 1. The number of carbonyl (C=O) groups is 1. The van der Waals surface area contributed by atoms with Crippen LogP contribution in [0.4, 0.5) is 11.4 Å². The van der Waals surface area contributed by atoms with Crippen molar-refractivity contribution in [3.05, 3.63) is 77.7 Å². The molecule has 1 aliphatic heterocycles. The number of aromatic nitrogens is 1. The first-order chi connectivity index (χ1) is 16.4. The number of nitrogens with zero attached hydrogens (tertiary/aromatic N) is 4. The maximum absolute atomic E-state index is 10.5. The molecule has 0 spiro atoms. The molecule has 0 unspecified atom stereocenters. The number of benzene rings is 1. The molecule has 0 atom stereocenters. The van der Waals surface area contributed by atoms with Crippen LogP contribution in [0.1, 0.15) is 10.4 Å². The number of allylic oxidation sites excluding steroid dienone is 1. The van der Waals surface area contributed by atoms with Gasteiger partial charge in [0.1, 0.15) is 6.29 Å². The molecule has 0 radical (unpaired) electrons. The van der Waals surface area contributed by atoms with Gasteiger partial charge in [-0.3, -0.25) is 9.78 Å². The Hall–Kier alpha value is -3.30. The van der Waals surface area contributed by atoms with Crippen LogP contribution in [0.2, 0.25) is 0 Å². The average molecular weight is 484 g/mol. The summed E-state index contributed by atoms with van der Waals surface area (Å²) in [4.78, 5) is 22.5. The Kier molecular flexibility index (Phi) is 14.5. The van der Waals surface area contributed by atoms with Gasteiger partial charge in [-0.2, -0.15) is 0 Å². The Bertz CT molecular complexity index is 880. The van der Waals surface area contributed by atoms with Crippen molar-refractivity contribution < 1.29 is 4.79 Å². The van der Waals surface area contributed by atoms with Crippen LogP contribution < -0.4 is 21.3 Å². The van der Waals surface area contributed by atoms with Crippen LogP contribution in [-0.4, -0.2) is 76.1 Å². The highest BCUT2D eigenvalue weighted by molar-refractivity contribution is 8.03. The van der Waals surface area contributed by atoms with Gasteiger partial charge in [0.05, 0.1) is 16.6 Å². The number of thioether (sulfide) groups is 1. The number of rotatable bonds is 8. The quantitative estimate of drug-likeness (QED) is 0.228. The first kappa shape index (κ1) is 28.7. The summed E-state index contributed by atoms with van der Waals surface area (Å²) in [6, 6.07) is 11.7. The van der Waals surface area contributed by atoms with Gasteiger partial charge in [-0.1, -0.05) is 18.3 Å². The Balaban J connectivity index is 0.000000305. The maximum Gasteiger partial charge on any atom is 0.150 e. The molecule has 1 aromatic carbocycles. The minimum atomic E-state index is 0.540. The van der Waals surface area contributed by atoms with Crippen molar-refractivity contribution >= 4 is 36.1 Å². The molecule has 34 heavy (non-hydrogen) atoms. The summed E-state index contributed by atoms with van der Waals surface area (Å²) >= 11 is 1.61. The SMILES string of the molecule is C=C(N)/C=C(\NC)SCNc1cccnc1.C=NC.CN1CCN(c2ccc(C=O)cc2)CC1. The van der Waals surface area contributed by atoms with E-state index in [1.54, 1.807) is 37.3 Å². The van der Waals surface area contributed by atoms with Crippen molar-refractivity contribution in [2.45, 2.75) is 0 Å². The zero-order valence-corrected chi connectivity index (χ0v) is 21.2. The van der Waals surface area contributed by atoms with E-state index in [0.29, 0.717) is 5.70 Å². The van der Waals surface area contributed by atoms with E-state index in [0.717, 1.165) is 54.6 Å². The lowest BCUT2D eigenvalue weighted by molar-refractivity contribution is 0.112. The maximum atomic E-state index is 10.5. The second-order valence-electron chi connectivity index (χ2n) is 7.36. The number of hydrogen-bond donors (Lipinski definition) is 3. The van der Waals surface area contributed by atoms with E-state index in [4.69, 9.17) is 5.73 Å². The average Bonchev–Trinajstić information content (AvgIpc) is 2.85. The predicted octanol–water partition coefficient (Wildman–Crippen LogP) is 3.29. The third-order valence-electron chi connectivity index (χ3n) is 4.63. The van der Waals surface area contributed by atoms with Crippen molar-refractivity contribution in [1.82, 2.24) is 15.2 Å². The molecule has 1 saturated heterocycles. The highest BCUT2D eigenvalue weighted by atomic mass is 32.2. The molecule has 2 heterocycles. The van der Waals surface area contributed by atoms with E-state index in [1.165, 1.54) is 5.69 Å². The Morgan fingerprint density at radius 3 is 2.38 bits per heavy atom. The van der Waals surface area contributed by atoms with Crippen LogP contribution >= 0.6 is 11.8 Å². The number of hydrogen-bond acceptors (Lipinski definition) is 9. The van der Waals surface area contributed by atoms with Gasteiger partial charge in [0.2, 0.25) is 0 Å². The summed E-state index contributed by atoms with van der Waals surface area (Å²) in [6.45, 7) is 11.1. The lowest BCUT2D eigenvalue weighted by Gasteiger charge is -2.34. The summed E-state index contributed by atoms with van der Waals surface area (Å²) in [5.41, 5.74) is 8.99. The van der Waals surface area contributed by atoms with Crippen LogP contribution in [0.25, 0.3) is 0 Å². The van der Waals surface area contributed by atoms with Gasteiger partial charge in [-0.25, -0.2) is 0 Å². The minimum absolute atomic E-state index is 0.540. The van der Waals surface area contributed by atoms with E-state index < -0.39 is 0 Å². The molecule has 9 heteroatoms. The molecule has 1 aromatic heterocycles. The van der Waals surface area contributed by atoms with Gasteiger partial charge in [-0.05, 0) is 56.2 Å². The fourth-order valence-corrected chi connectivity index (χ4v) is 3.62. The van der Waals surface area contributed by atoms with Gasteiger partial charge in [0.15, 0.2) is 0 Å². The number of nitrogens with one attached hydrogen (secondary N) is 2. The smallest absolute Gasteiger partial charge is 0.150 e. The highest BCUT2D eigenvalue weighted by Gasteiger charge is 2.13. The molecular weight excluding hydrogens is 446 g/mol. The first-order valence-electron chi connectivity index (χ1n) is 10.9. The molecule has 0 saturated carbocycles. The Morgan fingerprint density at radius 1 is 1.24 bits per heavy atom. The third-order valence-corrected chi connectivity index (χ3v) is 5.55. The molecule has 0 amide bonds. The fourth-order valence-electron chi connectivity index (χ4n) is 2.85. The van der Waals surface area contributed by atoms with Crippen LogP contribution in [0, 0.1) is 0 Å². The van der Waals surface area contributed by atoms with Gasteiger partial charge in [0.25, 0.3) is 0 Å². The van der Waals surface area contributed by atoms with E-state index in [1.807, 2.05) is 43.4 Å². The monoisotopic (exact) mass is 483 g/mol. The summed E-state index contributed by atoms with van der Waals surface area (Å²) in [5.74, 6) is 0.742. The molecule has 184 valence electrons. The van der Waals surface area contributed by atoms with Crippen molar-refractivity contribution in [2.24, 2.45) is 10.7 Å². The molecule has 8 nitrogen and oxygen atoms in total. The van der Waals surface area contributed by atoms with E-state index >= 15 is 0 Å². The van der Waals surface area contributed by atoms with Gasteiger partial charge in [0, 0.05) is 69.6 Å². The standard InChI is InChI=1S/C12H16N2O.C11H16N4S.C2H5N/c1-13-6-8-14(9-7-13)12-4-2-11(10-15)3-5-12;1-9(12)6-11(13-2)16-8-15-10-4-3-5-14-7-10;1-3-2/h2-5,10H,6-9H2,1H3;3-7,13,15H,1,8,12H2,2H3;1H2,2H3/b;11-6+;. The molecule has 0 bridgehead atoms. The van der Waals surface area contributed by atoms with Crippen molar-refractivity contribution in [3.63, 3.8) is 0 Å². The minimum Gasteiger partial charge on any atom is -0.399 e. The molecule has 1 fully saturated rings. The topological polar surface area (TPSA) is 98.9 Å². The largest absolute Gasteiger partial charge is 0.399 e. The van der Waals surface area contributed by atoms with Gasteiger partial charge in [-0.15, -0.1) is 0 Å².